The van der Waals surface area contributed by atoms with Crippen molar-refractivity contribution in [3.63, 3.8) is 0 Å². The predicted molar refractivity (Wildman–Crippen MR) is 83.8 cm³/mol. The van der Waals surface area contributed by atoms with Gasteiger partial charge in [0.2, 0.25) is 0 Å². The third-order valence-corrected chi connectivity index (χ3v) is 4.15. The second-order valence-corrected chi connectivity index (χ2v) is 6.09. The number of rotatable bonds is 5. The smallest absolute Gasteiger partial charge is 0.159 e. The molecule has 0 bridgehead atoms. The molecule has 1 aromatic carbocycles. The largest absolute Gasteiger partial charge is 0.308 e. The van der Waals surface area contributed by atoms with E-state index >= 15 is 0 Å². The van der Waals surface area contributed by atoms with Crippen LogP contribution in [0.3, 0.4) is 0 Å². The maximum atomic E-state index is 4.68. The van der Waals surface area contributed by atoms with Crippen LogP contribution in [-0.2, 0) is 6.54 Å². The molecule has 3 nitrogen and oxygen atoms in total. The van der Waals surface area contributed by atoms with Crippen molar-refractivity contribution >= 4 is 11.8 Å². The molecular formula is C16H19N3S. The van der Waals surface area contributed by atoms with Crippen LogP contribution in [0.4, 0.5) is 0 Å². The molecule has 0 atom stereocenters. The standard InChI is InChI=1S/C16H19N3S/c1-11-9-14(10-17-13-5-6-13)19-16(18-11)12-3-7-15(20-2)8-4-12/h3-4,7-9,13,17H,5-6,10H2,1-2H3. The summed E-state index contributed by atoms with van der Waals surface area (Å²) in [5, 5.41) is 3.50. The van der Waals surface area contributed by atoms with Gasteiger partial charge in [-0.2, -0.15) is 0 Å². The summed E-state index contributed by atoms with van der Waals surface area (Å²) in [5.41, 5.74) is 3.18. The van der Waals surface area contributed by atoms with E-state index in [0.29, 0.717) is 6.04 Å². The van der Waals surface area contributed by atoms with Crippen molar-refractivity contribution in [2.75, 3.05) is 6.26 Å². The Hall–Kier alpha value is -1.39. The molecule has 0 amide bonds. The second-order valence-electron chi connectivity index (χ2n) is 5.21. The SMILES string of the molecule is CSc1ccc(-c2nc(C)cc(CNC3CC3)n2)cc1. The molecule has 1 aliphatic rings. The lowest BCUT2D eigenvalue weighted by molar-refractivity contribution is 0.672. The summed E-state index contributed by atoms with van der Waals surface area (Å²) in [5.74, 6) is 0.824. The Balaban J connectivity index is 1.82. The minimum atomic E-state index is 0.703. The zero-order chi connectivity index (χ0) is 13.9. The van der Waals surface area contributed by atoms with Gasteiger partial charge in [0.1, 0.15) is 0 Å². The van der Waals surface area contributed by atoms with Gasteiger partial charge in [0, 0.05) is 28.7 Å². The minimum Gasteiger partial charge on any atom is -0.308 e. The van der Waals surface area contributed by atoms with Crippen LogP contribution < -0.4 is 5.32 Å². The molecule has 0 aliphatic heterocycles. The van der Waals surface area contributed by atoms with Gasteiger partial charge in [0.25, 0.3) is 0 Å². The van der Waals surface area contributed by atoms with Crippen LogP contribution in [0.15, 0.2) is 35.2 Å². The Morgan fingerprint density at radius 3 is 2.60 bits per heavy atom. The summed E-state index contributed by atoms with van der Waals surface area (Å²) >= 11 is 1.75. The van der Waals surface area contributed by atoms with E-state index in [-0.39, 0.29) is 0 Å². The molecule has 1 heterocycles. The first kappa shape index (κ1) is 13.6. The second kappa shape index (κ2) is 5.94. The maximum Gasteiger partial charge on any atom is 0.159 e. The van der Waals surface area contributed by atoms with Crippen molar-refractivity contribution in [2.45, 2.75) is 37.2 Å². The highest BCUT2D eigenvalue weighted by Gasteiger charge is 2.20. The van der Waals surface area contributed by atoms with Crippen LogP contribution in [-0.4, -0.2) is 22.3 Å². The van der Waals surface area contributed by atoms with Crippen molar-refractivity contribution in [3.05, 3.63) is 41.7 Å². The molecule has 20 heavy (non-hydrogen) atoms. The number of hydrogen-bond acceptors (Lipinski definition) is 4. The van der Waals surface area contributed by atoms with E-state index in [4.69, 9.17) is 0 Å². The Kier molecular flexibility index (Phi) is 4.03. The number of aromatic nitrogens is 2. The molecule has 4 heteroatoms. The molecule has 3 rings (SSSR count). The fourth-order valence-corrected chi connectivity index (χ4v) is 2.54. The van der Waals surface area contributed by atoms with Gasteiger partial charge in [-0.15, -0.1) is 11.8 Å². The van der Waals surface area contributed by atoms with Crippen molar-refractivity contribution in [1.82, 2.24) is 15.3 Å². The molecule has 2 aromatic rings. The van der Waals surface area contributed by atoms with E-state index < -0.39 is 0 Å². The Labute approximate surface area is 124 Å². The number of nitrogens with zero attached hydrogens (tertiary/aromatic N) is 2. The summed E-state index contributed by atoms with van der Waals surface area (Å²) in [6, 6.07) is 11.2. The topological polar surface area (TPSA) is 37.8 Å². The van der Waals surface area contributed by atoms with Gasteiger partial charge in [0.05, 0.1) is 5.69 Å². The molecular weight excluding hydrogens is 266 g/mol. The zero-order valence-electron chi connectivity index (χ0n) is 11.9. The Morgan fingerprint density at radius 1 is 1.20 bits per heavy atom. The van der Waals surface area contributed by atoms with Gasteiger partial charge in [0.15, 0.2) is 5.82 Å². The molecule has 0 saturated heterocycles. The lowest BCUT2D eigenvalue weighted by atomic mass is 10.2. The summed E-state index contributed by atoms with van der Waals surface area (Å²) in [6.45, 7) is 2.87. The van der Waals surface area contributed by atoms with Gasteiger partial charge >= 0.3 is 0 Å². The fraction of sp³-hybridized carbons (Fsp3) is 0.375. The van der Waals surface area contributed by atoms with Crippen molar-refractivity contribution < 1.29 is 0 Å². The van der Waals surface area contributed by atoms with Crippen molar-refractivity contribution in [2.24, 2.45) is 0 Å². The fourth-order valence-electron chi connectivity index (χ4n) is 2.13. The Bertz CT molecular complexity index is 591. The van der Waals surface area contributed by atoms with E-state index in [1.165, 1.54) is 17.7 Å². The van der Waals surface area contributed by atoms with Crippen molar-refractivity contribution in [1.29, 1.82) is 0 Å². The predicted octanol–water partition coefficient (Wildman–Crippen LogP) is 3.43. The average molecular weight is 285 g/mol. The molecule has 1 fully saturated rings. The van der Waals surface area contributed by atoms with Gasteiger partial charge in [-0.1, -0.05) is 12.1 Å². The number of hydrogen-bond donors (Lipinski definition) is 1. The monoisotopic (exact) mass is 285 g/mol. The van der Waals surface area contributed by atoms with E-state index in [1.54, 1.807) is 11.8 Å². The summed E-state index contributed by atoms with van der Waals surface area (Å²) in [4.78, 5) is 10.5. The highest BCUT2D eigenvalue weighted by atomic mass is 32.2. The number of thioether (sulfide) groups is 1. The molecule has 104 valence electrons. The van der Waals surface area contributed by atoms with Gasteiger partial charge in [-0.25, -0.2) is 9.97 Å². The molecule has 1 N–H and O–H groups in total. The minimum absolute atomic E-state index is 0.703. The Morgan fingerprint density at radius 2 is 1.95 bits per heavy atom. The number of benzene rings is 1. The average Bonchev–Trinajstić information content (AvgIpc) is 3.29. The molecule has 0 unspecified atom stereocenters. The highest BCUT2D eigenvalue weighted by Crippen LogP contribution is 2.22. The first-order chi connectivity index (χ1) is 9.74. The maximum absolute atomic E-state index is 4.68. The van der Waals surface area contributed by atoms with E-state index in [1.807, 2.05) is 6.92 Å². The summed E-state index contributed by atoms with van der Waals surface area (Å²) in [6.07, 6.45) is 4.68. The molecule has 1 saturated carbocycles. The van der Waals surface area contributed by atoms with Crippen molar-refractivity contribution in [3.8, 4) is 11.4 Å². The van der Waals surface area contributed by atoms with Crippen LogP contribution in [0.25, 0.3) is 11.4 Å². The van der Waals surface area contributed by atoms with Gasteiger partial charge in [-0.3, -0.25) is 0 Å². The highest BCUT2D eigenvalue weighted by molar-refractivity contribution is 7.98. The third kappa shape index (κ3) is 3.38. The molecule has 0 radical (unpaired) electrons. The summed E-state index contributed by atoms with van der Waals surface area (Å²) in [7, 11) is 0. The van der Waals surface area contributed by atoms with E-state index in [9.17, 15) is 0 Å². The van der Waals surface area contributed by atoms with Crippen LogP contribution in [0.1, 0.15) is 24.2 Å². The summed E-state index contributed by atoms with van der Waals surface area (Å²) < 4.78 is 0. The number of aryl methyl sites for hydroxylation is 1. The quantitative estimate of drug-likeness (QED) is 0.854. The number of nitrogens with one attached hydrogen (secondary N) is 1. The lowest BCUT2D eigenvalue weighted by Crippen LogP contribution is -2.16. The van der Waals surface area contributed by atoms with Crippen LogP contribution in [0, 0.1) is 6.92 Å². The van der Waals surface area contributed by atoms with E-state index in [2.05, 4.69) is 51.9 Å². The molecule has 1 aliphatic carbocycles. The van der Waals surface area contributed by atoms with Crippen LogP contribution in [0.5, 0.6) is 0 Å². The zero-order valence-corrected chi connectivity index (χ0v) is 12.7. The first-order valence-corrected chi connectivity index (χ1v) is 8.19. The van der Waals surface area contributed by atoms with Crippen LogP contribution >= 0.6 is 11.8 Å². The normalized spacial score (nSPS) is 14.5. The van der Waals surface area contributed by atoms with Gasteiger partial charge in [-0.05, 0) is 44.2 Å². The molecule has 1 aromatic heterocycles. The third-order valence-electron chi connectivity index (χ3n) is 3.40. The van der Waals surface area contributed by atoms with Gasteiger partial charge < -0.3 is 5.32 Å². The first-order valence-electron chi connectivity index (χ1n) is 6.97. The van der Waals surface area contributed by atoms with E-state index in [0.717, 1.165) is 29.3 Å². The lowest BCUT2D eigenvalue weighted by Gasteiger charge is -2.07. The van der Waals surface area contributed by atoms with Crippen LogP contribution in [0.2, 0.25) is 0 Å². The molecule has 0 spiro atoms.